The Morgan fingerprint density at radius 1 is 0.886 bits per heavy atom. The summed E-state index contributed by atoms with van der Waals surface area (Å²) < 4.78 is 21.9. The first-order valence-corrected chi connectivity index (χ1v) is 11.1. The van der Waals surface area contributed by atoms with Gasteiger partial charge in [0, 0.05) is 12.1 Å². The molecule has 2 amide bonds. The van der Waals surface area contributed by atoms with E-state index in [0.29, 0.717) is 46.4 Å². The number of amides is 2. The van der Waals surface area contributed by atoms with E-state index >= 15 is 0 Å². The lowest BCUT2D eigenvalue weighted by Gasteiger charge is -2.29. The Labute approximate surface area is 204 Å². The molecule has 0 spiro atoms. The molecule has 1 aliphatic heterocycles. The Bertz CT molecular complexity index is 1220. The molecule has 35 heavy (non-hydrogen) atoms. The third kappa shape index (κ3) is 4.73. The molecule has 3 aromatic carbocycles. The highest BCUT2D eigenvalue weighted by Crippen LogP contribution is 2.43. The number of anilines is 1. The van der Waals surface area contributed by atoms with Crippen LogP contribution >= 0.6 is 0 Å². The Balaban J connectivity index is 1.72. The molecular weight excluding hydrogens is 448 g/mol. The topological polar surface area (TPSA) is 86.3 Å². The van der Waals surface area contributed by atoms with Gasteiger partial charge in [0.15, 0.2) is 11.5 Å². The zero-order chi connectivity index (χ0) is 24.9. The minimum absolute atomic E-state index is 0.0103. The highest BCUT2D eigenvalue weighted by molar-refractivity contribution is 5.99. The number of rotatable bonds is 9. The minimum Gasteiger partial charge on any atom is -0.495 e. The number of methoxy groups -OCH3 is 4. The van der Waals surface area contributed by atoms with Crippen molar-refractivity contribution in [1.29, 1.82) is 0 Å². The molecule has 0 aliphatic carbocycles. The SMILES string of the molecule is COc1ccccc1NC(=O)C[C@@H](c1cc(OC)c(OC)c(OC)c1)N1Cc2ccccc2C1=O. The zero-order valence-electron chi connectivity index (χ0n) is 20.2. The fraction of sp³-hybridized carbons (Fsp3) is 0.259. The molecule has 4 rings (SSSR count). The minimum atomic E-state index is -0.585. The lowest BCUT2D eigenvalue weighted by Crippen LogP contribution is -2.32. The van der Waals surface area contributed by atoms with Gasteiger partial charge in [0.05, 0.1) is 46.6 Å². The third-order valence-corrected chi connectivity index (χ3v) is 6.06. The number of hydrogen-bond donors (Lipinski definition) is 1. The van der Waals surface area contributed by atoms with E-state index in [0.717, 1.165) is 5.56 Å². The quantitative estimate of drug-likeness (QED) is 0.491. The monoisotopic (exact) mass is 476 g/mol. The van der Waals surface area contributed by atoms with E-state index in [1.807, 2.05) is 30.3 Å². The van der Waals surface area contributed by atoms with E-state index in [-0.39, 0.29) is 18.2 Å². The Morgan fingerprint density at radius 3 is 2.14 bits per heavy atom. The summed E-state index contributed by atoms with van der Waals surface area (Å²) >= 11 is 0. The summed E-state index contributed by atoms with van der Waals surface area (Å²) in [7, 11) is 6.13. The van der Waals surface area contributed by atoms with Crippen LogP contribution in [0.1, 0.15) is 33.9 Å². The molecule has 0 unspecified atom stereocenters. The van der Waals surface area contributed by atoms with Crippen LogP contribution in [-0.2, 0) is 11.3 Å². The first kappa shape index (κ1) is 23.9. The number of carbonyl (C=O) groups excluding carboxylic acids is 2. The maximum atomic E-state index is 13.4. The first-order valence-electron chi connectivity index (χ1n) is 11.1. The number of hydrogen-bond acceptors (Lipinski definition) is 6. The number of nitrogens with zero attached hydrogens (tertiary/aromatic N) is 1. The van der Waals surface area contributed by atoms with E-state index in [4.69, 9.17) is 18.9 Å². The molecule has 8 nitrogen and oxygen atoms in total. The average molecular weight is 477 g/mol. The van der Waals surface area contributed by atoms with Crippen molar-refractivity contribution in [2.45, 2.75) is 19.0 Å². The van der Waals surface area contributed by atoms with E-state index in [9.17, 15) is 9.59 Å². The van der Waals surface area contributed by atoms with Gasteiger partial charge in [-0.2, -0.15) is 0 Å². The molecule has 1 aliphatic rings. The van der Waals surface area contributed by atoms with Crippen molar-refractivity contribution < 1.29 is 28.5 Å². The second kappa shape index (κ2) is 10.4. The predicted molar refractivity (Wildman–Crippen MR) is 131 cm³/mol. The van der Waals surface area contributed by atoms with E-state index in [2.05, 4.69) is 5.32 Å². The highest BCUT2D eigenvalue weighted by atomic mass is 16.5. The van der Waals surface area contributed by atoms with Crippen LogP contribution in [0.15, 0.2) is 60.7 Å². The summed E-state index contributed by atoms with van der Waals surface area (Å²) in [5, 5.41) is 2.91. The normalized spacial score (nSPS) is 13.1. The standard InChI is InChI=1S/C27H28N2O6/c1-32-22-12-8-7-11-20(22)28-25(30)15-21(29-16-17-9-5-6-10-19(17)27(29)31)18-13-23(33-2)26(35-4)24(14-18)34-3/h5-14,21H,15-16H2,1-4H3,(H,28,30)/t21-/m0/s1. The molecular formula is C27H28N2O6. The highest BCUT2D eigenvalue weighted by Gasteiger charge is 2.35. The number of nitrogens with one attached hydrogen (secondary N) is 1. The Kier molecular flexibility index (Phi) is 7.10. The van der Waals surface area contributed by atoms with Crippen LogP contribution in [0.2, 0.25) is 0 Å². The summed E-state index contributed by atoms with van der Waals surface area (Å²) in [4.78, 5) is 28.3. The largest absolute Gasteiger partial charge is 0.495 e. The number of ether oxygens (including phenoxy) is 4. The van der Waals surface area contributed by atoms with Gasteiger partial charge in [0.1, 0.15) is 5.75 Å². The van der Waals surface area contributed by atoms with Gasteiger partial charge in [-0.1, -0.05) is 30.3 Å². The maximum Gasteiger partial charge on any atom is 0.255 e. The van der Waals surface area contributed by atoms with Crippen LogP contribution in [-0.4, -0.2) is 45.2 Å². The van der Waals surface area contributed by atoms with Crippen molar-refractivity contribution >= 4 is 17.5 Å². The summed E-state index contributed by atoms with van der Waals surface area (Å²) in [5.41, 5.74) is 2.80. The smallest absolute Gasteiger partial charge is 0.255 e. The fourth-order valence-electron chi connectivity index (χ4n) is 4.36. The van der Waals surface area contributed by atoms with Crippen LogP contribution in [0, 0.1) is 0 Å². The predicted octanol–water partition coefficient (Wildman–Crippen LogP) is 4.45. The summed E-state index contributed by atoms with van der Waals surface area (Å²) in [5.74, 6) is 1.48. The number of carbonyl (C=O) groups is 2. The van der Waals surface area contributed by atoms with Crippen molar-refractivity contribution in [3.63, 3.8) is 0 Å². The lowest BCUT2D eigenvalue weighted by molar-refractivity contribution is -0.117. The lowest BCUT2D eigenvalue weighted by atomic mass is 10.00. The molecule has 8 heteroatoms. The van der Waals surface area contributed by atoms with Crippen LogP contribution < -0.4 is 24.3 Å². The summed E-state index contributed by atoms with van der Waals surface area (Å²) in [6.45, 7) is 0.387. The zero-order valence-corrected chi connectivity index (χ0v) is 20.2. The molecule has 0 fully saturated rings. The van der Waals surface area contributed by atoms with Crippen LogP contribution in [0.25, 0.3) is 0 Å². The van der Waals surface area contributed by atoms with Gasteiger partial charge in [-0.25, -0.2) is 0 Å². The van der Waals surface area contributed by atoms with Gasteiger partial charge in [-0.15, -0.1) is 0 Å². The van der Waals surface area contributed by atoms with Crippen LogP contribution in [0.3, 0.4) is 0 Å². The molecule has 3 aromatic rings. The number of para-hydroxylation sites is 2. The average Bonchev–Trinajstić information content (AvgIpc) is 3.22. The second-order valence-corrected chi connectivity index (χ2v) is 8.02. The van der Waals surface area contributed by atoms with Crippen LogP contribution in [0.4, 0.5) is 5.69 Å². The Hall–Kier alpha value is -4.20. The van der Waals surface area contributed by atoms with Gasteiger partial charge in [0.25, 0.3) is 5.91 Å². The molecule has 182 valence electrons. The van der Waals surface area contributed by atoms with E-state index < -0.39 is 6.04 Å². The first-order chi connectivity index (χ1) is 17.0. The van der Waals surface area contributed by atoms with Gasteiger partial charge < -0.3 is 29.2 Å². The molecule has 1 N–H and O–H groups in total. The van der Waals surface area contributed by atoms with Crippen molar-refractivity contribution in [2.75, 3.05) is 33.8 Å². The fourth-order valence-corrected chi connectivity index (χ4v) is 4.36. The Morgan fingerprint density at radius 2 is 1.51 bits per heavy atom. The second-order valence-electron chi connectivity index (χ2n) is 8.02. The maximum absolute atomic E-state index is 13.4. The molecule has 1 heterocycles. The molecule has 0 saturated heterocycles. The van der Waals surface area contributed by atoms with Gasteiger partial charge in [-0.3, -0.25) is 9.59 Å². The third-order valence-electron chi connectivity index (χ3n) is 6.06. The summed E-state index contributed by atoms with van der Waals surface area (Å²) in [6.07, 6.45) is 0.0103. The van der Waals surface area contributed by atoms with Gasteiger partial charge in [-0.05, 0) is 41.5 Å². The van der Waals surface area contributed by atoms with Crippen molar-refractivity contribution in [2.24, 2.45) is 0 Å². The van der Waals surface area contributed by atoms with E-state index in [1.165, 1.54) is 21.3 Å². The molecule has 0 aromatic heterocycles. The molecule has 0 radical (unpaired) electrons. The van der Waals surface area contributed by atoms with Gasteiger partial charge in [0.2, 0.25) is 11.7 Å². The van der Waals surface area contributed by atoms with Crippen molar-refractivity contribution in [3.05, 3.63) is 77.4 Å². The van der Waals surface area contributed by atoms with Gasteiger partial charge >= 0.3 is 0 Å². The molecule has 0 saturated carbocycles. The van der Waals surface area contributed by atoms with Crippen molar-refractivity contribution in [1.82, 2.24) is 4.90 Å². The number of benzene rings is 3. The molecule has 1 atom stereocenters. The molecule has 0 bridgehead atoms. The summed E-state index contributed by atoms with van der Waals surface area (Å²) in [6, 6.07) is 17.6. The van der Waals surface area contributed by atoms with Crippen LogP contribution in [0.5, 0.6) is 23.0 Å². The van der Waals surface area contributed by atoms with Crippen molar-refractivity contribution in [3.8, 4) is 23.0 Å². The van der Waals surface area contributed by atoms with E-state index in [1.54, 1.807) is 42.3 Å². The number of fused-ring (bicyclic) bond motifs is 1.